The molecule has 21 heavy (non-hydrogen) atoms. The largest absolute Gasteiger partial charge is 0.383 e. The third kappa shape index (κ3) is 4.01. The van der Waals surface area contributed by atoms with Gasteiger partial charge in [-0.15, -0.1) is 5.10 Å². The Kier molecular flexibility index (Phi) is 4.90. The number of allylic oxidation sites excluding steroid dienone is 1. The molecule has 0 atom stereocenters. The van der Waals surface area contributed by atoms with Crippen molar-refractivity contribution in [3.63, 3.8) is 0 Å². The Morgan fingerprint density at radius 1 is 1.33 bits per heavy atom. The number of aromatic nitrogens is 3. The second kappa shape index (κ2) is 6.67. The van der Waals surface area contributed by atoms with Gasteiger partial charge < -0.3 is 4.90 Å². The Hall–Kier alpha value is -1.95. The molecule has 0 spiro atoms. The Labute approximate surface area is 132 Å². The van der Waals surface area contributed by atoms with Crippen LogP contribution < -0.4 is 0 Å². The highest BCUT2D eigenvalue weighted by Crippen LogP contribution is 2.13. The first kappa shape index (κ1) is 15.4. The van der Waals surface area contributed by atoms with Crippen molar-refractivity contribution in [2.24, 2.45) is 0 Å². The van der Waals surface area contributed by atoms with E-state index in [4.69, 9.17) is 0 Å². The fraction of sp³-hybridized carbons (Fsp3) is 0.267. The van der Waals surface area contributed by atoms with Crippen LogP contribution in [0.5, 0.6) is 0 Å². The molecular formula is C15H17BrN4O. The van der Waals surface area contributed by atoms with Crippen LogP contribution in [0.15, 0.2) is 41.0 Å². The number of halogens is 1. The summed E-state index contributed by atoms with van der Waals surface area (Å²) in [6.45, 7) is 2.45. The molecule has 110 valence electrons. The molecular weight excluding hydrogens is 332 g/mol. The summed E-state index contributed by atoms with van der Waals surface area (Å²) in [6.07, 6.45) is 3.20. The number of rotatable bonds is 5. The zero-order valence-electron chi connectivity index (χ0n) is 12.2. The van der Waals surface area contributed by atoms with Gasteiger partial charge in [0.25, 0.3) is 0 Å². The van der Waals surface area contributed by atoms with Gasteiger partial charge >= 0.3 is 0 Å². The first-order valence-corrected chi connectivity index (χ1v) is 7.30. The van der Waals surface area contributed by atoms with Gasteiger partial charge in [0.05, 0.1) is 12.2 Å². The van der Waals surface area contributed by atoms with Gasteiger partial charge in [0.15, 0.2) is 5.69 Å². The Morgan fingerprint density at radius 2 is 2.00 bits per heavy atom. The lowest BCUT2D eigenvalue weighted by Gasteiger charge is -2.04. The number of ketones is 1. The maximum atomic E-state index is 12.0. The molecule has 0 fully saturated rings. The zero-order chi connectivity index (χ0) is 15.4. The standard InChI is InChI=1S/C15H17BrN4O/c1-11-15(14(21)8-9-19(2)3)17-18-20(11)10-12-4-6-13(16)7-5-12/h4-9H,10H2,1-3H3. The molecule has 0 saturated carbocycles. The SMILES string of the molecule is Cc1c(C(=O)C=CN(C)C)nnn1Cc1ccc(Br)cc1. The van der Waals surface area contributed by atoms with Crippen LogP contribution in [0, 0.1) is 6.92 Å². The molecule has 0 bridgehead atoms. The molecule has 0 aliphatic rings. The Morgan fingerprint density at radius 3 is 2.62 bits per heavy atom. The zero-order valence-corrected chi connectivity index (χ0v) is 13.8. The monoisotopic (exact) mass is 348 g/mol. The number of benzene rings is 1. The number of carbonyl (C=O) groups is 1. The summed E-state index contributed by atoms with van der Waals surface area (Å²) < 4.78 is 2.77. The molecule has 2 aromatic rings. The second-order valence-corrected chi connectivity index (χ2v) is 5.87. The highest BCUT2D eigenvalue weighted by atomic mass is 79.9. The number of hydrogen-bond acceptors (Lipinski definition) is 4. The quantitative estimate of drug-likeness (QED) is 0.615. The first-order chi connectivity index (χ1) is 9.97. The lowest BCUT2D eigenvalue weighted by atomic mass is 10.2. The first-order valence-electron chi connectivity index (χ1n) is 6.51. The summed E-state index contributed by atoms with van der Waals surface area (Å²) in [6, 6.07) is 7.98. The van der Waals surface area contributed by atoms with E-state index >= 15 is 0 Å². The third-order valence-corrected chi connectivity index (χ3v) is 3.51. The summed E-state index contributed by atoms with van der Waals surface area (Å²) in [5, 5.41) is 8.06. The Bertz CT molecular complexity index is 659. The van der Waals surface area contributed by atoms with E-state index in [1.807, 2.05) is 45.3 Å². The number of carbonyl (C=O) groups excluding carboxylic acids is 1. The van der Waals surface area contributed by atoms with Gasteiger partial charge in [-0.25, -0.2) is 4.68 Å². The van der Waals surface area contributed by atoms with Crippen molar-refractivity contribution < 1.29 is 4.79 Å². The van der Waals surface area contributed by atoms with Crippen molar-refractivity contribution in [2.45, 2.75) is 13.5 Å². The molecule has 2 rings (SSSR count). The summed E-state index contributed by atoms with van der Waals surface area (Å²) in [5.74, 6) is -0.136. The summed E-state index contributed by atoms with van der Waals surface area (Å²) in [4.78, 5) is 13.8. The van der Waals surface area contributed by atoms with Crippen LogP contribution >= 0.6 is 15.9 Å². The fourth-order valence-electron chi connectivity index (χ4n) is 1.80. The average molecular weight is 349 g/mol. The van der Waals surface area contributed by atoms with Crippen molar-refractivity contribution in [1.82, 2.24) is 19.9 Å². The predicted molar refractivity (Wildman–Crippen MR) is 85.2 cm³/mol. The van der Waals surface area contributed by atoms with Gasteiger partial charge in [-0.1, -0.05) is 33.3 Å². The average Bonchev–Trinajstić information content (AvgIpc) is 2.80. The van der Waals surface area contributed by atoms with Gasteiger partial charge in [0.1, 0.15) is 0 Å². The van der Waals surface area contributed by atoms with Crippen molar-refractivity contribution in [3.8, 4) is 0 Å². The third-order valence-electron chi connectivity index (χ3n) is 2.99. The van der Waals surface area contributed by atoms with Gasteiger partial charge in [0, 0.05) is 30.8 Å². The molecule has 0 amide bonds. The maximum Gasteiger partial charge on any atom is 0.209 e. The molecule has 0 unspecified atom stereocenters. The van der Waals surface area contributed by atoms with E-state index < -0.39 is 0 Å². The molecule has 6 heteroatoms. The molecule has 1 aromatic carbocycles. The molecule has 0 radical (unpaired) electrons. The molecule has 1 heterocycles. The lowest BCUT2D eigenvalue weighted by molar-refractivity contribution is 0.104. The maximum absolute atomic E-state index is 12.0. The van der Waals surface area contributed by atoms with Crippen LogP contribution in [0.4, 0.5) is 0 Å². The minimum Gasteiger partial charge on any atom is -0.383 e. The molecule has 0 aliphatic carbocycles. The smallest absolute Gasteiger partial charge is 0.209 e. The van der Waals surface area contributed by atoms with E-state index in [0.717, 1.165) is 15.7 Å². The van der Waals surface area contributed by atoms with Gasteiger partial charge in [-0.3, -0.25) is 4.79 Å². The topological polar surface area (TPSA) is 51.0 Å². The summed E-state index contributed by atoms with van der Waals surface area (Å²) in [5.41, 5.74) is 2.27. The highest BCUT2D eigenvalue weighted by Gasteiger charge is 2.14. The van der Waals surface area contributed by atoms with Crippen LogP contribution in [0.1, 0.15) is 21.7 Å². The normalized spacial score (nSPS) is 11.0. The van der Waals surface area contributed by atoms with Crippen LogP contribution in [0.25, 0.3) is 0 Å². The summed E-state index contributed by atoms with van der Waals surface area (Å²) in [7, 11) is 3.72. The van der Waals surface area contributed by atoms with Crippen molar-refractivity contribution in [1.29, 1.82) is 0 Å². The van der Waals surface area contributed by atoms with E-state index in [1.165, 1.54) is 6.08 Å². The Balaban J connectivity index is 2.17. The number of hydrogen-bond donors (Lipinski definition) is 0. The minimum atomic E-state index is -0.136. The van der Waals surface area contributed by atoms with Gasteiger partial charge in [-0.2, -0.15) is 0 Å². The minimum absolute atomic E-state index is 0.136. The van der Waals surface area contributed by atoms with E-state index in [2.05, 4.69) is 26.2 Å². The summed E-state index contributed by atoms with van der Waals surface area (Å²) >= 11 is 3.41. The van der Waals surface area contributed by atoms with Crippen LogP contribution in [-0.2, 0) is 6.54 Å². The van der Waals surface area contributed by atoms with Gasteiger partial charge in [0.2, 0.25) is 5.78 Å². The van der Waals surface area contributed by atoms with E-state index in [-0.39, 0.29) is 5.78 Å². The van der Waals surface area contributed by atoms with Crippen LogP contribution in [0.2, 0.25) is 0 Å². The van der Waals surface area contributed by atoms with Crippen LogP contribution in [-0.4, -0.2) is 39.8 Å². The van der Waals surface area contributed by atoms with Crippen molar-refractivity contribution in [3.05, 3.63) is 58.0 Å². The molecule has 5 nitrogen and oxygen atoms in total. The van der Waals surface area contributed by atoms with Crippen molar-refractivity contribution in [2.75, 3.05) is 14.1 Å². The predicted octanol–water partition coefficient (Wildman–Crippen LogP) is 2.66. The van der Waals surface area contributed by atoms with E-state index in [9.17, 15) is 4.79 Å². The number of nitrogens with zero attached hydrogens (tertiary/aromatic N) is 4. The molecule has 0 N–H and O–H groups in total. The van der Waals surface area contributed by atoms with Gasteiger partial charge in [-0.05, 0) is 24.6 Å². The molecule has 0 aliphatic heterocycles. The van der Waals surface area contributed by atoms with E-state index in [1.54, 1.807) is 15.8 Å². The van der Waals surface area contributed by atoms with E-state index in [0.29, 0.717) is 12.2 Å². The molecule has 0 saturated heterocycles. The lowest BCUT2D eigenvalue weighted by Crippen LogP contribution is -2.06. The highest BCUT2D eigenvalue weighted by molar-refractivity contribution is 9.10. The van der Waals surface area contributed by atoms with Crippen LogP contribution in [0.3, 0.4) is 0 Å². The second-order valence-electron chi connectivity index (χ2n) is 4.95. The molecule has 1 aromatic heterocycles. The fourth-order valence-corrected chi connectivity index (χ4v) is 2.06. The van der Waals surface area contributed by atoms with Crippen molar-refractivity contribution >= 4 is 21.7 Å².